The maximum Gasteiger partial charge on any atom is 0.256 e. The fourth-order valence-corrected chi connectivity index (χ4v) is 2.49. The van der Waals surface area contributed by atoms with Gasteiger partial charge in [-0.25, -0.2) is 4.68 Å². The summed E-state index contributed by atoms with van der Waals surface area (Å²) in [6.07, 6.45) is 4.67. The van der Waals surface area contributed by atoms with Crippen LogP contribution in [0, 0.1) is 0 Å². The quantitative estimate of drug-likeness (QED) is 0.625. The maximum absolute atomic E-state index is 12.7. The Morgan fingerprint density at radius 2 is 2.00 bits per heavy atom. The molecule has 1 heterocycles. The third kappa shape index (κ3) is 5.00. The van der Waals surface area contributed by atoms with Crippen LogP contribution in [0.2, 0.25) is 0 Å². The molecule has 0 aliphatic carbocycles. The summed E-state index contributed by atoms with van der Waals surface area (Å²) in [5.41, 5.74) is 0.521. The first-order valence-corrected chi connectivity index (χ1v) is 9.35. The molecule has 0 radical (unpaired) electrons. The number of carbonyl (C=O) groups excluding carboxylic acids is 1. The van der Waals surface area contributed by atoms with E-state index in [-0.39, 0.29) is 11.9 Å². The van der Waals surface area contributed by atoms with Crippen molar-refractivity contribution in [2.45, 2.75) is 53.0 Å². The molecule has 142 valence electrons. The third-order valence-electron chi connectivity index (χ3n) is 4.18. The molecule has 2 aromatic rings. The van der Waals surface area contributed by atoms with Gasteiger partial charge in [-0.3, -0.25) is 4.79 Å². The molecule has 0 spiro atoms. The minimum atomic E-state index is -0.198. The molecule has 1 amide bonds. The monoisotopic (exact) mass is 359 g/mol. The Kier molecular flexibility index (Phi) is 7.51. The van der Waals surface area contributed by atoms with Crippen molar-refractivity contribution < 1.29 is 14.3 Å². The van der Waals surface area contributed by atoms with Crippen LogP contribution in [-0.4, -0.2) is 28.9 Å². The van der Waals surface area contributed by atoms with Gasteiger partial charge in [-0.2, -0.15) is 5.10 Å². The highest BCUT2D eigenvalue weighted by Gasteiger charge is 2.15. The summed E-state index contributed by atoms with van der Waals surface area (Å²) >= 11 is 0. The lowest BCUT2D eigenvalue weighted by Gasteiger charge is -2.15. The van der Waals surface area contributed by atoms with E-state index in [1.165, 1.54) is 0 Å². The number of amides is 1. The van der Waals surface area contributed by atoms with Gasteiger partial charge in [0.25, 0.3) is 5.91 Å². The minimum absolute atomic E-state index is 0.198. The van der Waals surface area contributed by atoms with Crippen molar-refractivity contribution >= 4 is 11.7 Å². The van der Waals surface area contributed by atoms with Crippen molar-refractivity contribution in [3.8, 4) is 11.5 Å². The van der Waals surface area contributed by atoms with Crippen LogP contribution in [0.15, 0.2) is 30.5 Å². The number of unbranched alkanes of at least 4 members (excludes halogenated alkanes) is 1. The third-order valence-corrected chi connectivity index (χ3v) is 4.18. The Balaban J connectivity index is 2.16. The molecule has 26 heavy (non-hydrogen) atoms. The largest absolute Gasteiger partial charge is 0.490 e. The van der Waals surface area contributed by atoms with Crippen molar-refractivity contribution in [1.82, 2.24) is 9.78 Å². The Bertz CT molecular complexity index is 712. The van der Waals surface area contributed by atoms with E-state index in [0.29, 0.717) is 36.1 Å². The highest BCUT2D eigenvalue weighted by atomic mass is 16.5. The van der Waals surface area contributed by atoms with Gasteiger partial charge in [-0.15, -0.1) is 0 Å². The summed E-state index contributed by atoms with van der Waals surface area (Å²) in [7, 11) is 0. The lowest BCUT2D eigenvalue weighted by molar-refractivity contribution is 0.102. The van der Waals surface area contributed by atoms with Crippen LogP contribution in [0.3, 0.4) is 0 Å². The van der Waals surface area contributed by atoms with Crippen molar-refractivity contribution in [1.29, 1.82) is 0 Å². The number of anilines is 1. The summed E-state index contributed by atoms with van der Waals surface area (Å²) in [5.74, 6) is 1.75. The molecule has 0 saturated carbocycles. The summed E-state index contributed by atoms with van der Waals surface area (Å²) < 4.78 is 13.2. The Hall–Kier alpha value is -2.50. The lowest BCUT2D eigenvalue weighted by atomic mass is 10.2. The second kappa shape index (κ2) is 9.85. The van der Waals surface area contributed by atoms with E-state index in [2.05, 4.69) is 31.2 Å². The van der Waals surface area contributed by atoms with E-state index in [0.717, 1.165) is 19.3 Å². The van der Waals surface area contributed by atoms with E-state index in [1.807, 2.05) is 11.6 Å². The number of carbonyl (C=O) groups is 1. The molecule has 6 heteroatoms. The van der Waals surface area contributed by atoms with Crippen molar-refractivity contribution in [2.24, 2.45) is 0 Å². The molecule has 1 aromatic heterocycles. The number of nitrogens with zero attached hydrogens (tertiary/aromatic N) is 2. The molecule has 1 unspecified atom stereocenters. The normalized spacial score (nSPS) is 11.8. The molecule has 0 aliphatic rings. The zero-order valence-electron chi connectivity index (χ0n) is 16.1. The standard InChI is InChI=1S/C20H29N3O3/c1-5-8-13-26-17-10-9-16(14-18(17)25-7-3)20(24)22-19-11-12-21-23(19)15(4)6-2/h9-12,14-15H,5-8,13H2,1-4H3,(H,22,24). The van der Waals surface area contributed by atoms with Crippen LogP contribution in [0.4, 0.5) is 5.82 Å². The van der Waals surface area contributed by atoms with Gasteiger partial charge >= 0.3 is 0 Å². The van der Waals surface area contributed by atoms with Crippen LogP contribution in [-0.2, 0) is 0 Å². The number of ether oxygens (including phenoxy) is 2. The SMILES string of the molecule is CCCCOc1ccc(C(=O)Nc2ccnn2C(C)CC)cc1OCC. The summed E-state index contributed by atoms with van der Waals surface area (Å²) in [6.45, 7) is 9.33. The smallest absolute Gasteiger partial charge is 0.256 e. The average molecular weight is 359 g/mol. The number of hydrogen-bond donors (Lipinski definition) is 1. The lowest BCUT2D eigenvalue weighted by Crippen LogP contribution is -2.17. The molecule has 1 aromatic carbocycles. The zero-order valence-corrected chi connectivity index (χ0v) is 16.1. The molecular weight excluding hydrogens is 330 g/mol. The summed E-state index contributed by atoms with van der Waals surface area (Å²) in [4.78, 5) is 12.7. The number of hydrogen-bond acceptors (Lipinski definition) is 4. The highest BCUT2D eigenvalue weighted by molar-refractivity contribution is 6.04. The predicted octanol–water partition coefficient (Wildman–Crippen LogP) is 4.68. The van der Waals surface area contributed by atoms with Gasteiger partial charge in [0.1, 0.15) is 5.82 Å². The fourth-order valence-electron chi connectivity index (χ4n) is 2.49. The van der Waals surface area contributed by atoms with E-state index in [1.54, 1.807) is 30.5 Å². The zero-order chi connectivity index (χ0) is 18.9. The van der Waals surface area contributed by atoms with Crippen LogP contribution < -0.4 is 14.8 Å². The van der Waals surface area contributed by atoms with Gasteiger partial charge in [-0.1, -0.05) is 20.3 Å². The summed E-state index contributed by atoms with van der Waals surface area (Å²) in [6, 6.07) is 7.29. The molecule has 0 fully saturated rings. The van der Waals surface area contributed by atoms with Gasteiger partial charge in [0.05, 0.1) is 25.5 Å². The van der Waals surface area contributed by atoms with E-state index < -0.39 is 0 Å². The average Bonchev–Trinajstić information content (AvgIpc) is 3.10. The van der Waals surface area contributed by atoms with Crippen molar-refractivity contribution in [2.75, 3.05) is 18.5 Å². The molecule has 0 saturated heterocycles. The second-order valence-corrected chi connectivity index (χ2v) is 6.17. The first kappa shape index (κ1) is 19.8. The Labute approximate surface area is 155 Å². The van der Waals surface area contributed by atoms with Crippen molar-refractivity contribution in [3.05, 3.63) is 36.0 Å². The van der Waals surface area contributed by atoms with Gasteiger partial charge in [0, 0.05) is 11.6 Å². The predicted molar refractivity (Wildman–Crippen MR) is 103 cm³/mol. The minimum Gasteiger partial charge on any atom is -0.490 e. The molecular formula is C20H29N3O3. The van der Waals surface area contributed by atoms with Gasteiger partial charge in [-0.05, 0) is 44.9 Å². The van der Waals surface area contributed by atoms with Crippen LogP contribution in [0.25, 0.3) is 0 Å². The molecule has 1 N–H and O–H groups in total. The van der Waals surface area contributed by atoms with E-state index in [9.17, 15) is 4.79 Å². The maximum atomic E-state index is 12.7. The summed E-state index contributed by atoms with van der Waals surface area (Å²) in [5, 5.41) is 7.22. The molecule has 0 bridgehead atoms. The van der Waals surface area contributed by atoms with Crippen LogP contribution in [0.1, 0.15) is 63.4 Å². The fraction of sp³-hybridized carbons (Fsp3) is 0.500. The molecule has 6 nitrogen and oxygen atoms in total. The van der Waals surface area contributed by atoms with E-state index in [4.69, 9.17) is 9.47 Å². The van der Waals surface area contributed by atoms with Gasteiger partial charge in [0.2, 0.25) is 0 Å². The molecule has 1 atom stereocenters. The number of benzene rings is 1. The number of nitrogens with one attached hydrogen (secondary N) is 1. The van der Waals surface area contributed by atoms with Crippen molar-refractivity contribution in [3.63, 3.8) is 0 Å². The highest BCUT2D eigenvalue weighted by Crippen LogP contribution is 2.29. The van der Waals surface area contributed by atoms with E-state index >= 15 is 0 Å². The second-order valence-electron chi connectivity index (χ2n) is 6.17. The first-order chi connectivity index (χ1) is 12.6. The number of aromatic nitrogens is 2. The first-order valence-electron chi connectivity index (χ1n) is 9.35. The van der Waals surface area contributed by atoms with Gasteiger partial charge < -0.3 is 14.8 Å². The Morgan fingerprint density at radius 3 is 2.69 bits per heavy atom. The Morgan fingerprint density at radius 1 is 1.19 bits per heavy atom. The van der Waals surface area contributed by atoms with Crippen LogP contribution in [0.5, 0.6) is 11.5 Å². The number of rotatable bonds is 10. The van der Waals surface area contributed by atoms with Crippen LogP contribution >= 0.6 is 0 Å². The molecule has 0 aliphatic heterocycles. The topological polar surface area (TPSA) is 65.4 Å². The van der Waals surface area contributed by atoms with Gasteiger partial charge in [0.15, 0.2) is 11.5 Å². The molecule has 2 rings (SSSR count).